The quantitative estimate of drug-likeness (QED) is 0.798. The van der Waals surface area contributed by atoms with Crippen LogP contribution in [0.1, 0.15) is 31.0 Å². The fraction of sp³-hybridized carbons (Fsp3) is 0.600. The highest BCUT2D eigenvalue weighted by Gasteiger charge is 2.26. The summed E-state index contributed by atoms with van der Waals surface area (Å²) >= 11 is 0. The van der Waals surface area contributed by atoms with Gasteiger partial charge in [0.05, 0.1) is 12.1 Å². The van der Waals surface area contributed by atoms with Gasteiger partial charge in [-0.25, -0.2) is 0 Å². The van der Waals surface area contributed by atoms with Crippen molar-refractivity contribution in [1.29, 1.82) is 0 Å². The lowest BCUT2D eigenvalue weighted by atomic mass is 9.89. The van der Waals surface area contributed by atoms with Gasteiger partial charge in [0.25, 0.3) is 0 Å². The number of hydrogen-bond acceptors (Lipinski definition) is 2. The van der Waals surface area contributed by atoms with Crippen molar-refractivity contribution in [3.63, 3.8) is 0 Å². The molecule has 1 N–H and O–H groups in total. The predicted octanol–water partition coefficient (Wildman–Crippen LogP) is 1.55. The van der Waals surface area contributed by atoms with Gasteiger partial charge in [0.1, 0.15) is 0 Å². The van der Waals surface area contributed by atoms with Gasteiger partial charge in [-0.1, -0.05) is 13.8 Å². The maximum atomic E-state index is 11.1. The first-order valence-electron chi connectivity index (χ1n) is 4.66. The third kappa shape index (κ3) is 1.78. The molecule has 0 aliphatic rings. The molecule has 1 rings (SSSR count). The third-order valence-electron chi connectivity index (χ3n) is 2.54. The van der Waals surface area contributed by atoms with E-state index in [-0.39, 0.29) is 5.92 Å². The van der Waals surface area contributed by atoms with E-state index in [9.17, 15) is 4.79 Å². The molecular weight excluding hydrogens is 180 g/mol. The summed E-state index contributed by atoms with van der Waals surface area (Å²) < 4.78 is 1.70. The zero-order chi connectivity index (χ0) is 10.9. The van der Waals surface area contributed by atoms with Crippen LogP contribution < -0.4 is 0 Å². The third-order valence-corrected chi connectivity index (χ3v) is 2.54. The van der Waals surface area contributed by atoms with Crippen molar-refractivity contribution < 1.29 is 9.90 Å². The monoisotopic (exact) mass is 196 g/mol. The van der Waals surface area contributed by atoms with Gasteiger partial charge in [-0.2, -0.15) is 5.10 Å². The number of aromatic nitrogens is 2. The highest BCUT2D eigenvalue weighted by atomic mass is 16.4. The average Bonchev–Trinajstić information content (AvgIpc) is 2.35. The molecule has 1 aromatic heterocycles. The Morgan fingerprint density at radius 2 is 2.14 bits per heavy atom. The van der Waals surface area contributed by atoms with Gasteiger partial charge in [-0.05, 0) is 12.8 Å². The molecule has 0 aromatic carbocycles. The first kappa shape index (κ1) is 10.8. The molecule has 0 aliphatic heterocycles. The molecule has 0 saturated carbocycles. The van der Waals surface area contributed by atoms with Crippen molar-refractivity contribution in [3.05, 3.63) is 17.5 Å². The number of hydrogen-bond donors (Lipinski definition) is 1. The molecule has 0 radical (unpaired) electrons. The normalized spacial score (nSPS) is 13.2. The Kier molecular flexibility index (Phi) is 2.93. The van der Waals surface area contributed by atoms with Crippen LogP contribution >= 0.6 is 0 Å². The van der Waals surface area contributed by atoms with Crippen LogP contribution in [0.4, 0.5) is 0 Å². The summed E-state index contributed by atoms with van der Waals surface area (Å²) in [7, 11) is 1.82. The Morgan fingerprint density at radius 1 is 1.57 bits per heavy atom. The Morgan fingerprint density at radius 3 is 2.43 bits per heavy atom. The van der Waals surface area contributed by atoms with Crippen molar-refractivity contribution in [2.24, 2.45) is 13.0 Å². The summed E-state index contributed by atoms with van der Waals surface area (Å²) in [6, 6.07) is 0. The van der Waals surface area contributed by atoms with E-state index in [0.717, 1.165) is 11.3 Å². The topological polar surface area (TPSA) is 55.1 Å². The van der Waals surface area contributed by atoms with Gasteiger partial charge in [0.15, 0.2) is 0 Å². The summed E-state index contributed by atoms with van der Waals surface area (Å²) in [5.41, 5.74) is 1.74. The van der Waals surface area contributed by atoms with Gasteiger partial charge in [0, 0.05) is 18.3 Å². The van der Waals surface area contributed by atoms with Crippen LogP contribution in [0.3, 0.4) is 0 Å². The zero-order valence-corrected chi connectivity index (χ0v) is 8.98. The number of nitrogens with zero attached hydrogens (tertiary/aromatic N) is 2. The summed E-state index contributed by atoms with van der Waals surface area (Å²) in [4.78, 5) is 11.1. The van der Waals surface area contributed by atoms with Crippen LogP contribution in [0.15, 0.2) is 6.20 Å². The lowest BCUT2D eigenvalue weighted by Gasteiger charge is -2.15. The number of aryl methyl sites for hydroxylation is 1. The fourth-order valence-corrected chi connectivity index (χ4v) is 1.60. The number of carboxylic acid groups (broad SMARTS) is 1. The minimum absolute atomic E-state index is 0.0791. The SMILES string of the molecule is Cc1c(C(C(=O)O)C(C)C)cnn1C. The van der Waals surface area contributed by atoms with Crippen molar-refractivity contribution in [2.75, 3.05) is 0 Å². The summed E-state index contributed by atoms with van der Waals surface area (Å²) in [6.45, 7) is 5.71. The summed E-state index contributed by atoms with van der Waals surface area (Å²) in [5.74, 6) is -1.16. The van der Waals surface area contributed by atoms with E-state index in [1.54, 1.807) is 10.9 Å². The second kappa shape index (κ2) is 3.82. The minimum atomic E-state index is -0.781. The molecule has 0 fully saturated rings. The van der Waals surface area contributed by atoms with Crippen molar-refractivity contribution in [1.82, 2.24) is 9.78 Å². The summed E-state index contributed by atoms with van der Waals surface area (Å²) in [5, 5.41) is 13.1. The van der Waals surface area contributed by atoms with E-state index in [0.29, 0.717) is 0 Å². The number of carboxylic acids is 1. The average molecular weight is 196 g/mol. The maximum absolute atomic E-state index is 11.1. The predicted molar refractivity (Wildman–Crippen MR) is 53.2 cm³/mol. The molecule has 4 nitrogen and oxygen atoms in total. The van der Waals surface area contributed by atoms with E-state index < -0.39 is 11.9 Å². The standard InChI is InChI=1S/C10H16N2O2/c1-6(2)9(10(13)14)8-5-11-12(4)7(8)3/h5-6,9H,1-4H3,(H,13,14). The van der Waals surface area contributed by atoms with Gasteiger partial charge in [0.2, 0.25) is 0 Å². The molecule has 4 heteroatoms. The first-order valence-corrected chi connectivity index (χ1v) is 4.66. The molecule has 1 atom stereocenters. The van der Waals surface area contributed by atoms with E-state index in [2.05, 4.69) is 5.10 Å². The van der Waals surface area contributed by atoms with Crippen LogP contribution in [-0.4, -0.2) is 20.9 Å². The molecule has 0 spiro atoms. The maximum Gasteiger partial charge on any atom is 0.311 e. The molecule has 0 amide bonds. The second-order valence-electron chi connectivity index (χ2n) is 3.87. The van der Waals surface area contributed by atoms with Crippen molar-refractivity contribution in [3.8, 4) is 0 Å². The lowest BCUT2D eigenvalue weighted by Crippen LogP contribution is -2.18. The highest BCUT2D eigenvalue weighted by Crippen LogP contribution is 2.26. The van der Waals surface area contributed by atoms with E-state index in [1.165, 1.54) is 0 Å². The van der Waals surface area contributed by atoms with Crippen molar-refractivity contribution in [2.45, 2.75) is 26.7 Å². The van der Waals surface area contributed by atoms with E-state index >= 15 is 0 Å². The molecule has 0 bridgehead atoms. The Balaban J connectivity index is 3.12. The molecule has 1 unspecified atom stereocenters. The number of carbonyl (C=O) groups is 1. The molecular formula is C10H16N2O2. The molecule has 14 heavy (non-hydrogen) atoms. The molecule has 1 aromatic rings. The zero-order valence-electron chi connectivity index (χ0n) is 8.98. The highest BCUT2D eigenvalue weighted by molar-refractivity contribution is 5.76. The largest absolute Gasteiger partial charge is 0.481 e. The van der Waals surface area contributed by atoms with Gasteiger partial charge in [-0.3, -0.25) is 9.48 Å². The Labute approximate surface area is 83.5 Å². The van der Waals surface area contributed by atoms with Gasteiger partial charge >= 0.3 is 5.97 Å². The molecule has 0 aliphatic carbocycles. The van der Waals surface area contributed by atoms with Crippen molar-refractivity contribution >= 4 is 5.97 Å². The van der Waals surface area contributed by atoms with Gasteiger partial charge in [-0.15, -0.1) is 0 Å². The van der Waals surface area contributed by atoms with Crippen LogP contribution in [-0.2, 0) is 11.8 Å². The number of aliphatic carboxylic acids is 1. The smallest absolute Gasteiger partial charge is 0.311 e. The van der Waals surface area contributed by atoms with Crippen LogP contribution in [0.25, 0.3) is 0 Å². The van der Waals surface area contributed by atoms with Crippen LogP contribution in [0.2, 0.25) is 0 Å². The van der Waals surface area contributed by atoms with Crippen LogP contribution in [0, 0.1) is 12.8 Å². The van der Waals surface area contributed by atoms with E-state index in [1.807, 2.05) is 27.8 Å². The first-order chi connectivity index (χ1) is 6.45. The fourth-order valence-electron chi connectivity index (χ4n) is 1.60. The molecule has 0 saturated heterocycles. The lowest BCUT2D eigenvalue weighted by molar-refractivity contribution is -0.139. The van der Waals surface area contributed by atoms with Crippen LogP contribution in [0.5, 0.6) is 0 Å². The second-order valence-corrected chi connectivity index (χ2v) is 3.87. The van der Waals surface area contributed by atoms with E-state index in [4.69, 9.17) is 5.11 Å². The minimum Gasteiger partial charge on any atom is -0.481 e. The molecule has 78 valence electrons. The summed E-state index contributed by atoms with van der Waals surface area (Å²) in [6.07, 6.45) is 1.65. The Hall–Kier alpha value is -1.32. The van der Waals surface area contributed by atoms with Gasteiger partial charge < -0.3 is 5.11 Å². The molecule has 1 heterocycles. The number of rotatable bonds is 3. The Bertz CT molecular complexity index is 342.